The van der Waals surface area contributed by atoms with E-state index >= 15 is 0 Å². The van der Waals surface area contributed by atoms with Gasteiger partial charge in [-0.25, -0.2) is 9.37 Å². The van der Waals surface area contributed by atoms with Crippen LogP contribution in [0, 0.1) is 5.82 Å². The minimum Gasteiger partial charge on any atom is -0.338 e. The van der Waals surface area contributed by atoms with Crippen LogP contribution in [0.5, 0.6) is 0 Å². The molecule has 0 aliphatic carbocycles. The van der Waals surface area contributed by atoms with E-state index in [0.29, 0.717) is 22.0 Å². The smallest absolute Gasteiger partial charge is 0.253 e. The maximum absolute atomic E-state index is 13.7. The lowest BCUT2D eigenvalue weighted by atomic mass is 10.0. The maximum Gasteiger partial charge on any atom is 0.253 e. The SMILES string of the molecule is Cn1ccnc1[C@@H](NC(=O)c1cc(Br)ccc1Cl)c1cccc(F)c1. The zero-order valence-corrected chi connectivity index (χ0v) is 15.6. The van der Waals surface area contributed by atoms with Gasteiger partial charge in [-0.2, -0.15) is 0 Å². The Morgan fingerprint density at radius 1 is 1.32 bits per heavy atom. The minimum atomic E-state index is -0.613. The molecule has 3 aromatic rings. The summed E-state index contributed by atoms with van der Waals surface area (Å²) < 4.78 is 16.2. The van der Waals surface area contributed by atoms with Gasteiger partial charge < -0.3 is 9.88 Å². The van der Waals surface area contributed by atoms with E-state index in [1.54, 1.807) is 47.3 Å². The Bertz CT molecular complexity index is 928. The van der Waals surface area contributed by atoms with Crippen LogP contribution in [-0.2, 0) is 7.05 Å². The summed E-state index contributed by atoms with van der Waals surface area (Å²) in [6, 6.07) is 10.5. The van der Waals surface area contributed by atoms with Crippen LogP contribution in [-0.4, -0.2) is 15.5 Å². The van der Waals surface area contributed by atoms with Crippen LogP contribution in [0.3, 0.4) is 0 Å². The lowest BCUT2D eigenvalue weighted by Gasteiger charge is -2.19. The van der Waals surface area contributed by atoms with Gasteiger partial charge >= 0.3 is 0 Å². The van der Waals surface area contributed by atoms with E-state index in [2.05, 4.69) is 26.2 Å². The van der Waals surface area contributed by atoms with Crippen LogP contribution >= 0.6 is 27.5 Å². The van der Waals surface area contributed by atoms with Gasteiger partial charge in [0.15, 0.2) is 0 Å². The number of benzene rings is 2. The first kappa shape index (κ1) is 17.6. The van der Waals surface area contributed by atoms with E-state index in [1.165, 1.54) is 12.1 Å². The third kappa shape index (κ3) is 3.91. The van der Waals surface area contributed by atoms with Crippen molar-refractivity contribution < 1.29 is 9.18 Å². The number of nitrogens with one attached hydrogen (secondary N) is 1. The first-order valence-electron chi connectivity index (χ1n) is 7.44. The molecule has 128 valence electrons. The van der Waals surface area contributed by atoms with E-state index < -0.39 is 6.04 Å². The second kappa shape index (κ2) is 7.37. The largest absolute Gasteiger partial charge is 0.338 e. The molecule has 0 saturated carbocycles. The summed E-state index contributed by atoms with van der Waals surface area (Å²) in [5.74, 6) is -0.167. The molecule has 0 aliphatic rings. The number of hydrogen-bond acceptors (Lipinski definition) is 2. The molecule has 0 radical (unpaired) electrons. The van der Waals surface area contributed by atoms with Gasteiger partial charge in [-0.15, -0.1) is 0 Å². The molecule has 0 bridgehead atoms. The van der Waals surface area contributed by atoms with Gasteiger partial charge in [-0.3, -0.25) is 4.79 Å². The van der Waals surface area contributed by atoms with E-state index in [1.807, 2.05) is 7.05 Å². The number of carbonyl (C=O) groups excluding carboxylic acids is 1. The molecule has 1 amide bonds. The lowest BCUT2D eigenvalue weighted by Crippen LogP contribution is -2.31. The summed E-state index contributed by atoms with van der Waals surface area (Å²) in [7, 11) is 1.81. The van der Waals surface area contributed by atoms with Crippen molar-refractivity contribution >= 4 is 33.4 Å². The number of amides is 1. The molecule has 1 aromatic heterocycles. The van der Waals surface area contributed by atoms with Crippen molar-refractivity contribution in [1.82, 2.24) is 14.9 Å². The predicted octanol–water partition coefficient (Wildman–Crippen LogP) is 4.49. The Labute approximate surface area is 157 Å². The van der Waals surface area contributed by atoms with E-state index in [4.69, 9.17) is 11.6 Å². The van der Waals surface area contributed by atoms with Crippen molar-refractivity contribution in [3.8, 4) is 0 Å². The van der Waals surface area contributed by atoms with Crippen molar-refractivity contribution in [2.75, 3.05) is 0 Å². The van der Waals surface area contributed by atoms with Crippen LogP contribution in [0.2, 0.25) is 5.02 Å². The molecule has 2 aromatic carbocycles. The Balaban J connectivity index is 2.00. The third-order valence-corrected chi connectivity index (χ3v) is 4.57. The van der Waals surface area contributed by atoms with Crippen LogP contribution < -0.4 is 5.32 Å². The molecule has 0 spiro atoms. The number of nitrogens with zero attached hydrogens (tertiary/aromatic N) is 2. The fourth-order valence-corrected chi connectivity index (χ4v) is 3.08. The monoisotopic (exact) mass is 421 g/mol. The van der Waals surface area contributed by atoms with Crippen molar-refractivity contribution in [2.45, 2.75) is 6.04 Å². The molecule has 1 atom stereocenters. The summed E-state index contributed by atoms with van der Waals surface area (Å²) in [6.45, 7) is 0. The molecule has 4 nitrogen and oxygen atoms in total. The Hall–Kier alpha value is -2.18. The molecule has 7 heteroatoms. The predicted molar refractivity (Wildman–Crippen MR) is 98.1 cm³/mol. The number of aryl methyl sites for hydroxylation is 1. The second-order valence-corrected chi connectivity index (χ2v) is 6.80. The number of hydrogen-bond donors (Lipinski definition) is 1. The summed E-state index contributed by atoms with van der Waals surface area (Å²) >= 11 is 9.47. The first-order chi connectivity index (χ1) is 12.0. The van der Waals surface area contributed by atoms with Crippen LogP contribution in [0.4, 0.5) is 4.39 Å². The quantitative estimate of drug-likeness (QED) is 0.673. The van der Waals surface area contributed by atoms with Crippen molar-refractivity contribution in [1.29, 1.82) is 0 Å². The highest BCUT2D eigenvalue weighted by Crippen LogP contribution is 2.25. The van der Waals surface area contributed by atoms with Gasteiger partial charge in [0.25, 0.3) is 5.91 Å². The molecule has 0 aliphatic heterocycles. The first-order valence-corrected chi connectivity index (χ1v) is 8.61. The summed E-state index contributed by atoms with van der Waals surface area (Å²) in [5.41, 5.74) is 0.917. The highest BCUT2D eigenvalue weighted by molar-refractivity contribution is 9.10. The minimum absolute atomic E-state index is 0.326. The van der Waals surface area contributed by atoms with E-state index in [9.17, 15) is 9.18 Å². The standard InChI is InChI=1S/C18H14BrClFN3O/c1-24-8-7-22-17(24)16(11-3-2-4-13(21)9-11)23-18(25)14-10-12(19)5-6-15(14)20/h2-10,16H,1H3,(H,23,25)/t16-/m0/s1. The third-order valence-electron chi connectivity index (χ3n) is 3.75. The van der Waals surface area contributed by atoms with Gasteiger partial charge in [0.1, 0.15) is 17.7 Å². The van der Waals surface area contributed by atoms with Crippen molar-refractivity contribution in [3.05, 3.63) is 87.1 Å². The van der Waals surface area contributed by atoms with Gasteiger partial charge in [0.05, 0.1) is 10.6 Å². The Kier molecular flexibility index (Phi) is 5.20. The normalized spacial score (nSPS) is 12.0. The van der Waals surface area contributed by atoms with E-state index in [-0.39, 0.29) is 11.7 Å². The van der Waals surface area contributed by atoms with Gasteiger partial charge in [-0.1, -0.05) is 39.7 Å². The highest BCUT2D eigenvalue weighted by Gasteiger charge is 2.23. The number of imidazole rings is 1. The molecule has 3 rings (SSSR count). The maximum atomic E-state index is 13.7. The number of rotatable bonds is 4. The molecular weight excluding hydrogens is 409 g/mol. The molecule has 0 saturated heterocycles. The fraction of sp³-hybridized carbons (Fsp3) is 0.111. The zero-order valence-electron chi connectivity index (χ0n) is 13.2. The van der Waals surface area contributed by atoms with Crippen molar-refractivity contribution in [3.63, 3.8) is 0 Å². The molecule has 0 fully saturated rings. The second-order valence-electron chi connectivity index (χ2n) is 5.48. The summed E-state index contributed by atoms with van der Waals surface area (Å²) in [5, 5.41) is 3.23. The van der Waals surface area contributed by atoms with E-state index in [0.717, 1.165) is 4.47 Å². The average Bonchev–Trinajstić information content (AvgIpc) is 3.00. The van der Waals surface area contributed by atoms with Crippen LogP contribution in [0.1, 0.15) is 27.8 Å². The van der Waals surface area contributed by atoms with Gasteiger partial charge in [0, 0.05) is 23.9 Å². The zero-order chi connectivity index (χ0) is 18.0. The molecule has 0 unspecified atom stereocenters. The summed E-state index contributed by atoms with van der Waals surface area (Å²) in [4.78, 5) is 17.0. The Morgan fingerprint density at radius 3 is 2.80 bits per heavy atom. The topological polar surface area (TPSA) is 46.9 Å². The Morgan fingerprint density at radius 2 is 2.12 bits per heavy atom. The average molecular weight is 423 g/mol. The molecule has 25 heavy (non-hydrogen) atoms. The number of halogens is 3. The van der Waals surface area contributed by atoms with Crippen LogP contribution in [0.15, 0.2) is 59.3 Å². The highest BCUT2D eigenvalue weighted by atomic mass is 79.9. The van der Waals surface area contributed by atoms with Crippen LogP contribution in [0.25, 0.3) is 0 Å². The lowest BCUT2D eigenvalue weighted by molar-refractivity contribution is 0.0941. The van der Waals surface area contributed by atoms with Gasteiger partial charge in [0.2, 0.25) is 0 Å². The molecular formula is C18H14BrClFN3O. The molecule has 1 heterocycles. The fourth-order valence-electron chi connectivity index (χ4n) is 2.52. The summed E-state index contributed by atoms with van der Waals surface area (Å²) in [6.07, 6.45) is 3.39. The van der Waals surface area contributed by atoms with Gasteiger partial charge in [-0.05, 0) is 35.9 Å². The number of aromatic nitrogens is 2. The van der Waals surface area contributed by atoms with Crippen molar-refractivity contribution in [2.24, 2.45) is 7.05 Å². The number of carbonyl (C=O) groups is 1. The molecule has 1 N–H and O–H groups in total.